The molecular weight excluding hydrogens is 129 g/mol. The lowest BCUT2D eigenvalue weighted by atomic mass is 10.2. The molecule has 0 saturated carbocycles. The Morgan fingerprint density at radius 3 is 2.11 bits per heavy atom. The average Bonchev–Trinajstić information content (AvgIpc) is 1.86. The van der Waals surface area contributed by atoms with Crippen molar-refractivity contribution >= 4 is 0 Å². The van der Waals surface area contributed by atoms with Gasteiger partial charge in [-0.25, -0.2) is 4.39 Å². The number of hydrogen-bond donors (Lipinski definition) is 0. The number of allylic oxidation sites excluding steroid dienone is 2. The zero-order valence-corrected chi connectivity index (χ0v) is 5.42. The molecule has 0 amide bonds. The Balaban J connectivity index is 4.14. The summed E-state index contributed by atoms with van der Waals surface area (Å²) < 4.78 is 35.6. The molecule has 3 heteroatoms. The molecule has 9 heavy (non-hydrogen) atoms. The molecule has 0 radical (unpaired) electrons. The van der Waals surface area contributed by atoms with Gasteiger partial charge in [0, 0.05) is 0 Å². The first kappa shape index (κ1) is 8.53. The fourth-order valence-electron chi connectivity index (χ4n) is 0.317. The maximum atomic E-state index is 12.1. The number of alkyl halides is 3. The summed E-state index contributed by atoms with van der Waals surface area (Å²) in [6.45, 7) is 1.06. The van der Waals surface area contributed by atoms with Crippen LogP contribution < -0.4 is 0 Å². The molecule has 0 fully saturated rings. The fraction of sp³-hybridized carbons (Fsp3) is 0.667. The zero-order valence-electron chi connectivity index (χ0n) is 5.42. The molecule has 0 N–H and O–H groups in total. The standard InChI is InChI=1S/C6H9F3/c1-3-5(2)6(8,9)4-7/h3H,4H2,1-2H3/b5-3+. The van der Waals surface area contributed by atoms with E-state index in [1.807, 2.05) is 0 Å². The summed E-state index contributed by atoms with van der Waals surface area (Å²) in [7, 11) is 0. The van der Waals surface area contributed by atoms with Crippen LogP contribution in [0.2, 0.25) is 0 Å². The van der Waals surface area contributed by atoms with Crippen LogP contribution in [0.5, 0.6) is 0 Å². The molecule has 0 aliphatic heterocycles. The van der Waals surface area contributed by atoms with Crippen LogP contribution in [0.1, 0.15) is 13.8 Å². The van der Waals surface area contributed by atoms with E-state index in [4.69, 9.17) is 0 Å². The molecule has 0 aromatic rings. The van der Waals surface area contributed by atoms with Crippen molar-refractivity contribution in [3.05, 3.63) is 11.6 Å². The van der Waals surface area contributed by atoms with Gasteiger partial charge in [-0.2, -0.15) is 8.78 Å². The normalized spacial score (nSPS) is 14.1. The number of rotatable bonds is 2. The first-order valence-electron chi connectivity index (χ1n) is 2.61. The summed E-state index contributed by atoms with van der Waals surface area (Å²) in [6.07, 6.45) is 1.21. The highest BCUT2D eigenvalue weighted by Gasteiger charge is 2.30. The van der Waals surface area contributed by atoms with Crippen molar-refractivity contribution in [3.63, 3.8) is 0 Å². The predicted molar refractivity (Wildman–Crippen MR) is 30.4 cm³/mol. The second kappa shape index (κ2) is 2.90. The maximum Gasteiger partial charge on any atom is 0.296 e. The van der Waals surface area contributed by atoms with Gasteiger partial charge in [-0.05, 0) is 19.4 Å². The third-order valence-electron chi connectivity index (χ3n) is 1.18. The maximum absolute atomic E-state index is 12.1. The first-order valence-corrected chi connectivity index (χ1v) is 2.61. The van der Waals surface area contributed by atoms with Gasteiger partial charge in [-0.1, -0.05) is 6.08 Å². The highest BCUT2D eigenvalue weighted by molar-refractivity contribution is 5.07. The third-order valence-corrected chi connectivity index (χ3v) is 1.18. The van der Waals surface area contributed by atoms with Crippen molar-refractivity contribution in [1.82, 2.24) is 0 Å². The fourth-order valence-corrected chi connectivity index (χ4v) is 0.317. The van der Waals surface area contributed by atoms with Gasteiger partial charge in [0.05, 0.1) is 0 Å². The molecule has 0 aromatic heterocycles. The van der Waals surface area contributed by atoms with Gasteiger partial charge in [0.2, 0.25) is 0 Å². The van der Waals surface area contributed by atoms with E-state index in [0.717, 1.165) is 0 Å². The van der Waals surface area contributed by atoms with Crippen LogP contribution in [0.3, 0.4) is 0 Å². The lowest BCUT2D eigenvalue weighted by molar-refractivity contribution is 0.0152. The van der Waals surface area contributed by atoms with E-state index in [0.29, 0.717) is 0 Å². The Bertz CT molecular complexity index is 115. The lowest BCUT2D eigenvalue weighted by Gasteiger charge is -2.10. The topological polar surface area (TPSA) is 0 Å². The Morgan fingerprint density at radius 2 is 2.00 bits per heavy atom. The molecule has 0 rings (SSSR count). The van der Waals surface area contributed by atoms with Gasteiger partial charge in [0.1, 0.15) is 0 Å². The minimum Gasteiger partial charge on any atom is -0.244 e. The van der Waals surface area contributed by atoms with Crippen LogP contribution in [0.25, 0.3) is 0 Å². The summed E-state index contributed by atoms with van der Waals surface area (Å²) >= 11 is 0. The van der Waals surface area contributed by atoms with Gasteiger partial charge in [0.15, 0.2) is 6.67 Å². The van der Waals surface area contributed by atoms with Crippen molar-refractivity contribution in [3.8, 4) is 0 Å². The number of halogens is 3. The zero-order chi connectivity index (χ0) is 7.49. The molecule has 0 aromatic carbocycles. The monoisotopic (exact) mass is 138 g/mol. The molecule has 0 spiro atoms. The van der Waals surface area contributed by atoms with Crippen molar-refractivity contribution in [2.75, 3.05) is 6.67 Å². The van der Waals surface area contributed by atoms with Crippen molar-refractivity contribution in [2.24, 2.45) is 0 Å². The Kier molecular flexibility index (Phi) is 2.74. The summed E-state index contributed by atoms with van der Waals surface area (Å²) in [5.41, 5.74) is -0.218. The lowest BCUT2D eigenvalue weighted by Crippen LogP contribution is -2.19. The average molecular weight is 138 g/mol. The molecule has 0 bridgehead atoms. The van der Waals surface area contributed by atoms with E-state index >= 15 is 0 Å². The van der Waals surface area contributed by atoms with Crippen LogP contribution in [0.4, 0.5) is 13.2 Å². The van der Waals surface area contributed by atoms with Crippen molar-refractivity contribution in [2.45, 2.75) is 19.8 Å². The van der Waals surface area contributed by atoms with E-state index in [-0.39, 0.29) is 5.57 Å². The van der Waals surface area contributed by atoms with Gasteiger partial charge < -0.3 is 0 Å². The molecule has 0 unspecified atom stereocenters. The second-order valence-electron chi connectivity index (χ2n) is 1.81. The Morgan fingerprint density at radius 1 is 1.56 bits per heavy atom. The molecular formula is C6H9F3. The largest absolute Gasteiger partial charge is 0.296 e. The summed E-state index contributed by atoms with van der Waals surface area (Å²) in [4.78, 5) is 0. The Labute approximate surface area is 52.4 Å². The van der Waals surface area contributed by atoms with E-state index in [9.17, 15) is 13.2 Å². The van der Waals surface area contributed by atoms with Gasteiger partial charge >= 0.3 is 0 Å². The number of hydrogen-bond acceptors (Lipinski definition) is 0. The minimum atomic E-state index is -3.26. The highest BCUT2D eigenvalue weighted by atomic mass is 19.3. The third kappa shape index (κ3) is 2.08. The molecule has 0 heterocycles. The van der Waals surface area contributed by atoms with Gasteiger partial charge in [0.25, 0.3) is 5.92 Å². The van der Waals surface area contributed by atoms with Crippen LogP contribution in [0, 0.1) is 0 Å². The molecule has 54 valence electrons. The quantitative estimate of drug-likeness (QED) is 0.514. The molecule has 0 saturated heterocycles. The highest BCUT2D eigenvalue weighted by Crippen LogP contribution is 2.23. The van der Waals surface area contributed by atoms with Crippen molar-refractivity contribution < 1.29 is 13.2 Å². The van der Waals surface area contributed by atoms with Crippen molar-refractivity contribution in [1.29, 1.82) is 0 Å². The molecule has 0 aliphatic rings. The van der Waals surface area contributed by atoms with E-state index in [2.05, 4.69) is 0 Å². The molecule has 0 aliphatic carbocycles. The minimum absolute atomic E-state index is 0.218. The smallest absolute Gasteiger partial charge is 0.244 e. The van der Waals surface area contributed by atoms with E-state index < -0.39 is 12.6 Å². The van der Waals surface area contributed by atoms with Crippen LogP contribution >= 0.6 is 0 Å². The van der Waals surface area contributed by atoms with Gasteiger partial charge in [-0.3, -0.25) is 0 Å². The molecule has 0 nitrogen and oxygen atoms in total. The Hall–Kier alpha value is -0.470. The second-order valence-corrected chi connectivity index (χ2v) is 1.81. The summed E-state index contributed by atoms with van der Waals surface area (Å²) in [6, 6.07) is 0. The van der Waals surface area contributed by atoms with Crippen LogP contribution in [0.15, 0.2) is 11.6 Å². The SMILES string of the molecule is C/C=C(\C)C(F)(F)CF. The van der Waals surface area contributed by atoms with E-state index in [1.54, 1.807) is 0 Å². The first-order chi connectivity index (χ1) is 4.04. The molecule has 0 atom stereocenters. The van der Waals surface area contributed by atoms with Crippen LogP contribution in [-0.2, 0) is 0 Å². The van der Waals surface area contributed by atoms with Crippen LogP contribution in [-0.4, -0.2) is 12.6 Å². The summed E-state index contributed by atoms with van der Waals surface area (Å²) in [5, 5.41) is 0. The predicted octanol–water partition coefficient (Wildman–Crippen LogP) is 2.56. The van der Waals surface area contributed by atoms with E-state index in [1.165, 1.54) is 19.9 Å². The van der Waals surface area contributed by atoms with Gasteiger partial charge in [-0.15, -0.1) is 0 Å². The summed E-state index contributed by atoms with van der Waals surface area (Å²) in [5.74, 6) is -3.26.